The van der Waals surface area contributed by atoms with Crippen molar-refractivity contribution in [3.05, 3.63) is 0 Å². The molecule has 0 aromatic carbocycles. The Labute approximate surface area is 60.9 Å². The van der Waals surface area contributed by atoms with Crippen LogP contribution in [0.15, 0.2) is 4.99 Å². The van der Waals surface area contributed by atoms with E-state index in [9.17, 15) is 0 Å². The molecule has 0 N–H and O–H groups in total. The molecule has 0 spiro atoms. The van der Waals surface area contributed by atoms with Crippen molar-refractivity contribution in [2.45, 2.75) is 31.9 Å². The Morgan fingerprint density at radius 3 is 2.67 bits per heavy atom. The van der Waals surface area contributed by atoms with Gasteiger partial charge in [-0.3, -0.25) is 4.99 Å². The van der Waals surface area contributed by atoms with E-state index in [1.807, 2.05) is 11.8 Å². The first-order valence-electron chi connectivity index (χ1n) is 3.36. The lowest BCUT2D eigenvalue weighted by atomic mass is 10.1. The average Bonchev–Trinajstić information content (AvgIpc) is 2.13. The van der Waals surface area contributed by atoms with Crippen LogP contribution >= 0.6 is 11.8 Å². The molecule has 0 bridgehead atoms. The Morgan fingerprint density at radius 1 is 1.78 bits per heavy atom. The molecule has 1 nitrogen and oxygen atoms in total. The summed E-state index contributed by atoms with van der Waals surface area (Å²) in [4.78, 5) is 4.34. The van der Waals surface area contributed by atoms with Crippen LogP contribution in [-0.2, 0) is 0 Å². The highest BCUT2D eigenvalue weighted by Crippen LogP contribution is 2.34. The first kappa shape index (κ1) is 7.13. The van der Waals surface area contributed by atoms with Crippen LogP contribution < -0.4 is 0 Å². The molecule has 9 heavy (non-hydrogen) atoms. The van der Waals surface area contributed by atoms with Gasteiger partial charge in [-0.25, -0.2) is 0 Å². The molecule has 1 rings (SSSR count). The van der Waals surface area contributed by atoms with Crippen molar-refractivity contribution >= 4 is 16.8 Å². The number of thioether (sulfide) groups is 1. The minimum absolute atomic E-state index is 0.421. The van der Waals surface area contributed by atoms with Crippen LogP contribution in [0.5, 0.6) is 0 Å². The third kappa shape index (κ3) is 1.48. The second kappa shape index (κ2) is 2.33. The molecule has 0 aromatic rings. The standard InChI is InChI=1S/C7H13NS/c1-4-7(3)5-8-6(2)9-7/h4-5H2,1-3H3. The van der Waals surface area contributed by atoms with Crippen molar-refractivity contribution in [3.63, 3.8) is 0 Å². The van der Waals surface area contributed by atoms with Crippen LogP contribution in [0.1, 0.15) is 27.2 Å². The summed E-state index contributed by atoms with van der Waals surface area (Å²) in [6.45, 7) is 7.60. The molecule has 0 saturated heterocycles. The fourth-order valence-electron chi connectivity index (χ4n) is 0.884. The molecule has 1 aliphatic rings. The summed E-state index contributed by atoms with van der Waals surface area (Å²) in [5.74, 6) is 0. The predicted octanol–water partition coefficient (Wildman–Crippen LogP) is 2.32. The largest absolute Gasteiger partial charge is 0.282 e. The molecule has 0 aliphatic carbocycles. The second-order valence-electron chi connectivity index (χ2n) is 2.74. The number of rotatable bonds is 1. The topological polar surface area (TPSA) is 12.4 Å². The van der Waals surface area contributed by atoms with Crippen molar-refractivity contribution < 1.29 is 0 Å². The smallest absolute Gasteiger partial charge is 0.0651 e. The molecule has 2 heteroatoms. The highest BCUT2D eigenvalue weighted by Gasteiger charge is 2.27. The minimum atomic E-state index is 0.421. The Hall–Kier alpha value is 0.0200. The quantitative estimate of drug-likeness (QED) is 0.548. The van der Waals surface area contributed by atoms with E-state index in [4.69, 9.17) is 0 Å². The van der Waals surface area contributed by atoms with Gasteiger partial charge in [0.05, 0.1) is 11.6 Å². The van der Waals surface area contributed by atoms with E-state index in [2.05, 4.69) is 25.8 Å². The van der Waals surface area contributed by atoms with E-state index in [1.54, 1.807) is 0 Å². The Balaban J connectivity index is 2.53. The summed E-state index contributed by atoms with van der Waals surface area (Å²) in [5.41, 5.74) is 0. The van der Waals surface area contributed by atoms with Gasteiger partial charge < -0.3 is 0 Å². The van der Waals surface area contributed by atoms with Gasteiger partial charge in [-0.05, 0) is 20.3 Å². The van der Waals surface area contributed by atoms with Gasteiger partial charge in [0.15, 0.2) is 0 Å². The van der Waals surface area contributed by atoms with Gasteiger partial charge >= 0.3 is 0 Å². The van der Waals surface area contributed by atoms with Gasteiger partial charge in [-0.1, -0.05) is 6.92 Å². The van der Waals surface area contributed by atoms with E-state index in [1.165, 1.54) is 11.5 Å². The van der Waals surface area contributed by atoms with E-state index in [0.29, 0.717) is 4.75 Å². The minimum Gasteiger partial charge on any atom is -0.282 e. The third-order valence-corrected chi connectivity index (χ3v) is 3.11. The third-order valence-electron chi connectivity index (χ3n) is 1.78. The maximum Gasteiger partial charge on any atom is 0.0651 e. The van der Waals surface area contributed by atoms with Crippen molar-refractivity contribution in [1.29, 1.82) is 0 Å². The highest BCUT2D eigenvalue weighted by molar-refractivity contribution is 8.15. The lowest BCUT2D eigenvalue weighted by Gasteiger charge is -2.17. The van der Waals surface area contributed by atoms with Gasteiger partial charge in [0, 0.05) is 4.75 Å². The zero-order chi connectivity index (χ0) is 6.91. The summed E-state index contributed by atoms with van der Waals surface area (Å²) in [6.07, 6.45) is 1.22. The predicted molar refractivity (Wildman–Crippen MR) is 44.3 cm³/mol. The molecule has 1 unspecified atom stereocenters. The zero-order valence-electron chi connectivity index (χ0n) is 6.27. The van der Waals surface area contributed by atoms with Crippen LogP contribution in [0.25, 0.3) is 0 Å². The van der Waals surface area contributed by atoms with E-state index >= 15 is 0 Å². The number of aliphatic imine (C=N–C) groups is 1. The molecular weight excluding hydrogens is 130 g/mol. The lowest BCUT2D eigenvalue weighted by Crippen LogP contribution is -2.18. The summed E-state index contributed by atoms with van der Waals surface area (Å²) < 4.78 is 0.421. The zero-order valence-corrected chi connectivity index (χ0v) is 7.09. The maximum absolute atomic E-state index is 4.34. The molecule has 0 aromatic heterocycles. The number of nitrogens with zero attached hydrogens (tertiary/aromatic N) is 1. The van der Waals surface area contributed by atoms with E-state index in [0.717, 1.165) is 6.54 Å². The van der Waals surface area contributed by atoms with Crippen LogP contribution in [0.4, 0.5) is 0 Å². The monoisotopic (exact) mass is 143 g/mol. The molecule has 1 heterocycles. The Kier molecular flexibility index (Phi) is 1.85. The van der Waals surface area contributed by atoms with Crippen molar-refractivity contribution in [1.82, 2.24) is 0 Å². The van der Waals surface area contributed by atoms with Gasteiger partial charge in [-0.2, -0.15) is 0 Å². The second-order valence-corrected chi connectivity index (χ2v) is 4.52. The summed E-state index contributed by atoms with van der Waals surface area (Å²) >= 11 is 1.92. The van der Waals surface area contributed by atoms with Crippen molar-refractivity contribution in [2.24, 2.45) is 4.99 Å². The molecule has 1 atom stereocenters. The summed E-state index contributed by atoms with van der Waals surface area (Å²) in [5, 5.41) is 1.25. The fraction of sp³-hybridized carbons (Fsp3) is 0.857. The first-order chi connectivity index (χ1) is 4.16. The normalized spacial score (nSPS) is 34.8. The Bertz CT molecular complexity index is 142. The molecule has 0 fully saturated rings. The molecule has 0 saturated carbocycles. The first-order valence-corrected chi connectivity index (χ1v) is 4.18. The molecule has 1 aliphatic heterocycles. The van der Waals surface area contributed by atoms with Crippen LogP contribution in [-0.4, -0.2) is 16.3 Å². The van der Waals surface area contributed by atoms with Gasteiger partial charge in [0.2, 0.25) is 0 Å². The van der Waals surface area contributed by atoms with Crippen LogP contribution in [0, 0.1) is 0 Å². The van der Waals surface area contributed by atoms with Crippen LogP contribution in [0.2, 0.25) is 0 Å². The summed E-state index contributed by atoms with van der Waals surface area (Å²) in [7, 11) is 0. The number of hydrogen-bond acceptors (Lipinski definition) is 2. The van der Waals surface area contributed by atoms with Gasteiger partial charge in [0.25, 0.3) is 0 Å². The SMILES string of the molecule is CCC1(C)CN=C(C)S1. The maximum atomic E-state index is 4.34. The van der Waals surface area contributed by atoms with E-state index in [-0.39, 0.29) is 0 Å². The molecule has 0 amide bonds. The van der Waals surface area contributed by atoms with Crippen LogP contribution in [0.3, 0.4) is 0 Å². The van der Waals surface area contributed by atoms with Crippen molar-refractivity contribution in [3.8, 4) is 0 Å². The lowest BCUT2D eigenvalue weighted by molar-refractivity contribution is 0.645. The average molecular weight is 143 g/mol. The molecular formula is C7H13NS. The fourth-order valence-corrected chi connectivity index (χ4v) is 2.00. The molecule has 0 radical (unpaired) electrons. The van der Waals surface area contributed by atoms with E-state index < -0.39 is 0 Å². The molecule has 52 valence electrons. The van der Waals surface area contributed by atoms with Gasteiger partial charge in [0.1, 0.15) is 0 Å². The summed E-state index contributed by atoms with van der Waals surface area (Å²) in [6, 6.07) is 0. The van der Waals surface area contributed by atoms with Crippen molar-refractivity contribution in [2.75, 3.05) is 6.54 Å². The number of hydrogen-bond donors (Lipinski definition) is 0. The highest BCUT2D eigenvalue weighted by atomic mass is 32.2. The Morgan fingerprint density at radius 2 is 2.44 bits per heavy atom. The van der Waals surface area contributed by atoms with Gasteiger partial charge in [-0.15, -0.1) is 11.8 Å².